The molecule has 24 heavy (non-hydrogen) atoms. The number of fused-ring (bicyclic) bond motifs is 1. The standard InChI is InChI=1S/C18H26N2O4/c1-19(13-18(14-21)6-9-23-10-7-18)12-17(22)20-8-11-24-16-5-3-2-4-15(16)20/h2-5,21H,6-14H2,1H3. The van der Waals surface area contributed by atoms with Crippen LogP contribution in [0.15, 0.2) is 24.3 Å². The van der Waals surface area contributed by atoms with Crippen LogP contribution in [0.2, 0.25) is 0 Å². The third kappa shape index (κ3) is 3.71. The molecule has 132 valence electrons. The molecule has 0 atom stereocenters. The molecule has 0 spiro atoms. The van der Waals surface area contributed by atoms with Gasteiger partial charge < -0.3 is 19.5 Å². The third-order valence-electron chi connectivity index (χ3n) is 4.93. The van der Waals surface area contributed by atoms with Crippen molar-refractivity contribution in [1.82, 2.24) is 4.90 Å². The Labute approximate surface area is 143 Å². The summed E-state index contributed by atoms with van der Waals surface area (Å²) < 4.78 is 11.0. The highest BCUT2D eigenvalue weighted by Crippen LogP contribution is 2.32. The van der Waals surface area contributed by atoms with Crippen molar-refractivity contribution in [3.63, 3.8) is 0 Å². The minimum Gasteiger partial charge on any atom is -0.490 e. The van der Waals surface area contributed by atoms with E-state index in [4.69, 9.17) is 9.47 Å². The summed E-state index contributed by atoms with van der Waals surface area (Å²) in [4.78, 5) is 16.6. The summed E-state index contributed by atoms with van der Waals surface area (Å²) in [6, 6.07) is 7.64. The Kier molecular flexibility index (Phi) is 5.38. The van der Waals surface area contributed by atoms with Crippen molar-refractivity contribution in [3.8, 4) is 5.75 Å². The molecule has 1 amide bonds. The average molecular weight is 334 g/mol. The largest absolute Gasteiger partial charge is 0.490 e. The van der Waals surface area contributed by atoms with Gasteiger partial charge in [0.25, 0.3) is 0 Å². The van der Waals surface area contributed by atoms with Crippen molar-refractivity contribution in [2.75, 3.05) is 58.0 Å². The van der Waals surface area contributed by atoms with E-state index in [9.17, 15) is 9.90 Å². The molecule has 6 nitrogen and oxygen atoms in total. The first kappa shape index (κ1) is 17.2. The lowest BCUT2D eigenvalue weighted by atomic mass is 9.80. The van der Waals surface area contributed by atoms with Crippen molar-refractivity contribution in [2.45, 2.75) is 12.8 Å². The lowest BCUT2D eigenvalue weighted by molar-refractivity contribution is -0.120. The van der Waals surface area contributed by atoms with Crippen LogP contribution >= 0.6 is 0 Å². The normalized spacial score (nSPS) is 19.7. The highest BCUT2D eigenvalue weighted by molar-refractivity contribution is 5.96. The van der Waals surface area contributed by atoms with E-state index in [-0.39, 0.29) is 17.9 Å². The molecule has 1 aromatic rings. The molecule has 3 rings (SSSR count). The smallest absolute Gasteiger partial charge is 0.241 e. The molecule has 6 heteroatoms. The number of carbonyl (C=O) groups excluding carboxylic acids is 1. The molecule has 1 N–H and O–H groups in total. The van der Waals surface area contributed by atoms with Crippen LogP contribution in [-0.2, 0) is 9.53 Å². The monoisotopic (exact) mass is 334 g/mol. The second kappa shape index (κ2) is 7.51. The van der Waals surface area contributed by atoms with Crippen molar-refractivity contribution >= 4 is 11.6 Å². The van der Waals surface area contributed by atoms with Crippen molar-refractivity contribution in [1.29, 1.82) is 0 Å². The predicted octanol–water partition coefficient (Wildman–Crippen LogP) is 1.13. The van der Waals surface area contributed by atoms with Gasteiger partial charge in [0, 0.05) is 25.2 Å². The summed E-state index contributed by atoms with van der Waals surface area (Å²) in [6.07, 6.45) is 1.67. The van der Waals surface area contributed by atoms with E-state index in [2.05, 4.69) is 0 Å². The molecule has 0 aromatic heterocycles. The Morgan fingerprint density at radius 2 is 2.04 bits per heavy atom. The Bertz CT molecular complexity index is 572. The van der Waals surface area contributed by atoms with Crippen molar-refractivity contribution in [3.05, 3.63) is 24.3 Å². The fourth-order valence-electron chi connectivity index (χ4n) is 3.54. The maximum absolute atomic E-state index is 12.7. The van der Waals surface area contributed by atoms with Crippen LogP contribution in [0.3, 0.4) is 0 Å². The number of amides is 1. The first-order chi connectivity index (χ1) is 11.6. The molecule has 1 aromatic carbocycles. The number of para-hydroxylation sites is 2. The van der Waals surface area contributed by atoms with Crippen LogP contribution in [0, 0.1) is 5.41 Å². The van der Waals surface area contributed by atoms with Crippen LogP contribution in [0.5, 0.6) is 5.75 Å². The number of likely N-dealkylation sites (N-methyl/N-ethyl adjacent to an activating group) is 1. The number of benzene rings is 1. The molecule has 2 heterocycles. The minimum atomic E-state index is -0.157. The summed E-state index contributed by atoms with van der Waals surface area (Å²) >= 11 is 0. The fourth-order valence-corrected chi connectivity index (χ4v) is 3.54. The number of aliphatic hydroxyl groups excluding tert-OH is 1. The first-order valence-electron chi connectivity index (χ1n) is 8.53. The number of hydrogen-bond acceptors (Lipinski definition) is 5. The topological polar surface area (TPSA) is 62.2 Å². The molecule has 0 aliphatic carbocycles. The van der Waals surface area contributed by atoms with Gasteiger partial charge in [0.2, 0.25) is 5.91 Å². The predicted molar refractivity (Wildman–Crippen MR) is 91.4 cm³/mol. The van der Waals surface area contributed by atoms with E-state index in [1.807, 2.05) is 36.2 Å². The zero-order valence-corrected chi connectivity index (χ0v) is 14.2. The molecule has 0 unspecified atom stereocenters. The fraction of sp³-hybridized carbons (Fsp3) is 0.611. The molecule has 0 saturated carbocycles. The van der Waals surface area contributed by atoms with Gasteiger partial charge >= 0.3 is 0 Å². The Hall–Kier alpha value is -1.63. The maximum atomic E-state index is 12.7. The van der Waals surface area contributed by atoms with Crippen molar-refractivity contribution < 1.29 is 19.4 Å². The number of hydrogen-bond donors (Lipinski definition) is 1. The van der Waals surface area contributed by atoms with Crippen LogP contribution in [0.25, 0.3) is 0 Å². The number of anilines is 1. The van der Waals surface area contributed by atoms with E-state index in [1.54, 1.807) is 4.90 Å². The molecule has 1 saturated heterocycles. The maximum Gasteiger partial charge on any atom is 0.241 e. The number of rotatable bonds is 5. The molecule has 1 fully saturated rings. The zero-order valence-electron chi connectivity index (χ0n) is 14.2. The number of ether oxygens (including phenoxy) is 2. The summed E-state index contributed by atoms with van der Waals surface area (Å²) in [5, 5.41) is 9.81. The average Bonchev–Trinajstić information content (AvgIpc) is 2.61. The van der Waals surface area contributed by atoms with Crippen LogP contribution < -0.4 is 9.64 Å². The highest BCUT2D eigenvalue weighted by atomic mass is 16.5. The molecule has 2 aliphatic rings. The second-order valence-corrected chi connectivity index (χ2v) is 6.80. The number of nitrogens with zero attached hydrogens (tertiary/aromatic N) is 2. The van der Waals surface area contributed by atoms with Gasteiger partial charge in [-0.25, -0.2) is 0 Å². The van der Waals surface area contributed by atoms with Gasteiger partial charge in [0.05, 0.1) is 25.4 Å². The Balaban J connectivity index is 1.62. The summed E-state index contributed by atoms with van der Waals surface area (Å²) in [6.45, 7) is 3.61. The van der Waals surface area contributed by atoms with E-state index in [0.29, 0.717) is 39.5 Å². The third-order valence-corrected chi connectivity index (χ3v) is 4.93. The van der Waals surface area contributed by atoms with Crippen LogP contribution in [-0.4, -0.2) is 69.0 Å². The number of carbonyl (C=O) groups is 1. The molecule has 2 aliphatic heterocycles. The summed E-state index contributed by atoms with van der Waals surface area (Å²) in [7, 11) is 1.94. The second-order valence-electron chi connectivity index (χ2n) is 6.80. The van der Waals surface area contributed by atoms with Gasteiger partial charge in [-0.1, -0.05) is 12.1 Å². The minimum absolute atomic E-state index is 0.0633. The zero-order chi connectivity index (χ0) is 17.0. The van der Waals surface area contributed by atoms with E-state index >= 15 is 0 Å². The van der Waals surface area contributed by atoms with Crippen LogP contribution in [0.1, 0.15) is 12.8 Å². The highest BCUT2D eigenvalue weighted by Gasteiger charge is 2.34. The Morgan fingerprint density at radius 1 is 1.29 bits per heavy atom. The lowest BCUT2D eigenvalue weighted by Crippen LogP contribution is -2.47. The van der Waals surface area contributed by atoms with E-state index in [0.717, 1.165) is 24.3 Å². The lowest BCUT2D eigenvalue weighted by Gasteiger charge is -2.39. The van der Waals surface area contributed by atoms with Gasteiger partial charge in [0.15, 0.2) is 0 Å². The molecule has 0 bridgehead atoms. The summed E-state index contributed by atoms with van der Waals surface area (Å²) in [5.74, 6) is 0.824. The van der Waals surface area contributed by atoms with Crippen LogP contribution in [0.4, 0.5) is 5.69 Å². The number of aliphatic hydroxyl groups is 1. The van der Waals surface area contributed by atoms with Gasteiger partial charge in [-0.15, -0.1) is 0 Å². The van der Waals surface area contributed by atoms with E-state index in [1.165, 1.54) is 0 Å². The molecular weight excluding hydrogens is 308 g/mol. The SMILES string of the molecule is CN(CC(=O)N1CCOc2ccccc21)CC1(CO)CCOCC1. The molecule has 0 radical (unpaired) electrons. The van der Waals surface area contributed by atoms with Gasteiger partial charge in [-0.05, 0) is 32.0 Å². The Morgan fingerprint density at radius 3 is 2.79 bits per heavy atom. The van der Waals surface area contributed by atoms with Gasteiger partial charge in [-0.3, -0.25) is 9.69 Å². The van der Waals surface area contributed by atoms with Gasteiger partial charge in [0.1, 0.15) is 12.4 Å². The quantitative estimate of drug-likeness (QED) is 0.875. The van der Waals surface area contributed by atoms with Gasteiger partial charge in [-0.2, -0.15) is 0 Å². The molecular formula is C18H26N2O4. The van der Waals surface area contributed by atoms with Crippen molar-refractivity contribution in [2.24, 2.45) is 5.41 Å². The van der Waals surface area contributed by atoms with E-state index < -0.39 is 0 Å². The summed E-state index contributed by atoms with van der Waals surface area (Å²) in [5.41, 5.74) is 0.681. The first-order valence-corrected chi connectivity index (χ1v) is 8.53.